The van der Waals surface area contributed by atoms with E-state index in [2.05, 4.69) is 5.32 Å². The number of furan rings is 1. The molecule has 1 atom stereocenters. The average molecular weight is 385 g/mol. The summed E-state index contributed by atoms with van der Waals surface area (Å²) in [4.78, 5) is 23.6. The molecule has 0 aliphatic carbocycles. The largest absolute Gasteiger partial charge is 0.450 e. The Kier molecular flexibility index (Phi) is 6.62. The molecule has 6 nitrogen and oxygen atoms in total. The van der Waals surface area contributed by atoms with Crippen LogP contribution in [-0.2, 0) is 20.4 Å². The van der Waals surface area contributed by atoms with Crippen LogP contribution < -0.4 is 5.32 Å². The number of benzene rings is 1. The molecular formula is C18H18F3NO5. The van der Waals surface area contributed by atoms with Crippen molar-refractivity contribution in [3.63, 3.8) is 0 Å². The van der Waals surface area contributed by atoms with Gasteiger partial charge in [0.05, 0.1) is 12.2 Å². The summed E-state index contributed by atoms with van der Waals surface area (Å²) in [6, 6.07) is 6.88. The Hall–Kier alpha value is -2.81. The van der Waals surface area contributed by atoms with Gasteiger partial charge in [-0.1, -0.05) is 12.1 Å². The Morgan fingerprint density at radius 2 is 1.96 bits per heavy atom. The van der Waals surface area contributed by atoms with Crippen molar-refractivity contribution >= 4 is 11.9 Å². The minimum absolute atomic E-state index is 0.0752. The number of ether oxygens (including phenoxy) is 2. The number of nitrogens with one attached hydrogen (secondary N) is 1. The van der Waals surface area contributed by atoms with E-state index in [1.165, 1.54) is 31.4 Å². The Morgan fingerprint density at radius 1 is 1.22 bits per heavy atom. The Balaban J connectivity index is 1.99. The average Bonchev–Trinajstić information content (AvgIpc) is 3.09. The molecule has 1 N–H and O–H groups in total. The molecule has 0 aliphatic heterocycles. The number of hydrogen-bond donors (Lipinski definition) is 1. The molecule has 0 aliphatic rings. The minimum atomic E-state index is -4.49. The van der Waals surface area contributed by atoms with Gasteiger partial charge in [-0.2, -0.15) is 13.2 Å². The van der Waals surface area contributed by atoms with E-state index >= 15 is 0 Å². The standard InChI is InChI=1S/C18H18F3NO5/c1-11(9-25-2)22-16(23)10-26-17(24)15-7-6-14(27-15)12-4-3-5-13(8-12)18(19,20)21/h3-8,11H,9-10H2,1-2H3,(H,22,23). The number of halogens is 3. The topological polar surface area (TPSA) is 77.8 Å². The van der Waals surface area contributed by atoms with Crippen LogP contribution in [0.1, 0.15) is 23.0 Å². The second kappa shape index (κ2) is 8.72. The van der Waals surface area contributed by atoms with Crippen LogP contribution in [0.3, 0.4) is 0 Å². The first-order valence-electron chi connectivity index (χ1n) is 7.93. The lowest BCUT2D eigenvalue weighted by atomic mass is 10.1. The molecular weight excluding hydrogens is 367 g/mol. The molecule has 0 bridgehead atoms. The second-order valence-electron chi connectivity index (χ2n) is 5.74. The van der Waals surface area contributed by atoms with Crippen molar-refractivity contribution in [1.82, 2.24) is 5.32 Å². The Morgan fingerprint density at radius 3 is 2.63 bits per heavy atom. The molecule has 1 amide bonds. The highest BCUT2D eigenvalue weighted by Gasteiger charge is 2.30. The number of esters is 1. The van der Waals surface area contributed by atoms with E-state index in [4.69, 9.17) is 13.9 Å². The van der Waals surface area contributed by atoms with Crippen LogP contribution in [0.5, 0.6) is 0 Å². The summed E-state index contributed by atoms with van der Waals surface area (Å²) in [7, 11) is 1.49. The number of alkyl halides is 3. The third-order valence-electron chi connectivity index (χ3n) is 3.44. The summed E-state index contributed by atoms with van der Waals surface area (Å²) in [5.74, 6) is -1.56. The molecule has 1 unspecified atom stereocenters. The van der Waals surface area contributed by atoms with Gasteiger partial charge in [0.25, 0.3) is 5.91 Å². The maximum atomic E-state index is 12.8. The van der Waals surface area contributed by atoms with Crippen molar-refractivity contribution in [2.75, 3.05) is 20.3 Å². The van der Waals surface area contributed by atoms with Crippen LogP contribution in [0.4, 0.5) is 13.2 Å². The van der Waals surface area contributed by atoms with Crippen molar-refractivity contribution in [3.8, 4) is 11.3 Å². The number of carbonyl (C=O) groups excluding carboxylic acids is 2. The SMILES string of the molecule is COCC(C)NC(=O)COC(=O)c1ccc(-c2cccc(C(F)(F)F)c2)o1. The summed E-state index contributed by atoms with van der Waals surface area (Å²) in [6.07, 6.45) is -4.49. The maximum Gasteiger partial charge on any atom is 0.416 e. The molecule has 0 saturated carbocycles. The van der Waals surface area contributed by atoms with Crippen LogP contribution in [0.15, 0.2) is 40.8 Å². The van der Waals surface area contributed by atoms with Gasteiger partial charge in [0, 0.05) is 18.7 Å². The Labute approximate surface area is 153 Å². The molecule has 0 radical (unpaired) electrons. The van der Waals surface area contributed by atoms with Crippen molar-refractivity contribution in [1.29, 1.82) is 0 Å². The molecule has 1 heterocycles. The highest BCUT2D eigenvalue weighted by Crippen LogP contribution is 2.32. The summed E-state index contributed by atoms with van der Waals surface area (Å²) in [6.45, 7) is 1.50. The van der Waals surface area contributed by atoms with Crippen LogP contribution in [-0.4, -0.2) is 38.2 Å². The molecule has 9 heteroatoms. The second-order valence-corrected chi connectivity index (χ2v) is 5.74. The number of hydrogen-bond acceptors (Lipinski definition) is 5. The van der Waals surface area contributed by atoms with Gasteiger partial charge < -0.3 is 19.2 Å². The maximum absolute atomic E-state index is 12.8. The summed E-state index contributed by atoms with van der Waals surface area (Å²) >= 11 is 0. The third kappa shape index (κ3) is 5.85. The van der Waals surface area contributed by atoms with Crippen molar-refractivity contribution < 1.29 is 36.7 Å². The fraction of sp³-hybridized carbons (Fsp3) is 0.333. The normalized spacial score (nSPS) is 12.5. The van der Waals surface area contributed by atoms with Gasteiger partial charge in [-0.15, -0.1) is 0 Å². The first kappa shape index (κ1) is 20.5. The Bertz CT molecular complexity index is 800. The van der Waals surface area contributed by atoms with Crippen molar-refractivity contribution in [2.45, 2.75) is 19.1 Å². The van der Waals surface area contributed by atoms with E-state index in [1.54, 1.807) is 6.92 Å². The number of methoxy groups -OCH3 is 1. The molecule has 0 spiro atoms. The van der Waals surface area contributed by atoms with Gasteiger partial charge in [-0.25, -0.2) is 4.79 Å². The summed E-state index contributed by atoms with van der Waals surface area (Å²) in [5, 5.41) is 2.56. The van der Waals surface area contributed by atoms with Crippen molar-refractivity contribution in [3.05, 3.63) is 47.7 Å². The van der Waals surface area contributed by atoms with Crippen LogP contribution in [0, 0.1) is 0 Å². The zero-order valence-corrected chi connectivity index (χ0v) is 14.6. The lowest BCUT2D eigenvalue weighted by molar-refractivity contribution is -0.137. The monoisotopic (exact) mass is 385 g/mol. The molecule has 0 saturated heterocycles. The molecule has 2 aromatic rings. The molecule has 146 valence electrons. The molecule has 1 aromatic heterocycles. The van der Waals surface area contributed by atoms with Gasteiger partial charge >= 0.3 is 12.1 Å². The predicted molar refractivity (Wildman–Crippen MR) is 88.9 cm³/mol. The van der Waals surface area contributed by atoms with Crippen molar-refractivity contribution in [2.24, 2.45) is 0 Å². The van der Waals surface area contributed by atoms with E-state index in [0.717, 1.165) is 12.1 Å². The molecule has 1 aromatic carbocycles. The number of amides is 1. The highest BCUT2D eigenvalue weighted by molar-refractivity contribution is 5.89. The zero-order valence-electron chi connectivity index (χ0n) is 14.6. The summed E-state index contributed by atoms with van der Waals surface area (Å²) in [5.41, 5.74) is -0.669. The quantitative estimate of drug-likeness (QED) is 0.741. The zero-order chi connectivity index (χ0) is 20.0. The molecule has 0 fully saturated rings. The van der Waals surface area contributed by atoms with Gasteiger partial charge in [-0.05, 0) is 31.2 Å². The molecule has 27 heavy (non-hydrogen) atoms. The summed E-state index contributed by atoms with van der Waals surface area (Å²) < 4.78 is 53.3. The van der Waals surface area contributed by atoms with Gasteiger partial charge in [0.2, 0.25) is 5.76 Å². The molecule has 2 rings (SSSR count). The van der Waals surface area contributed by atoms with Crippen LogP contribution in [0.25, 0.3) is 11.3 Å². The first-order valence-corrected chi connectivity index (χ1v) is 7.93. The van der Waals surface area contributed by atoms with Crippen LogP contribution in [0.2, 0.25) is 0 Å². The van der Waals surface area contributed by atoms with Crippen LogP contribution >= 0.6 is 0 Å². The van der Waals surface area contributed by atoms with E-state index in [9.17, 15) is 22.8 Å². The third-order valence-corrected chi connectivity index (χ3v) is 3.44. The van der Waals surface area contributed by atoms with E-state index in [1.807, 2.05) is 0 Å². The van der Waals surface area contributed by atoms with E-state index in [-0.39, 0.29) is 23.1 Å². The number of carbonyl (C=O) groups is 2. The highest BCUT2D eigenvalue weighted by atomic mass is 19.4. The first-order chi connectivity index (χ1) is 12.7. The fourth-order valence-corrected chi connectivity index (χ4v) is 2.26. The van der Waals surface area contributed by atoms with E-state index in [0.29, 0.717) is 6.61 Å². The van der Waals surface area contributed by atoms with Gasteiger partial charge in [0.15, 0.2) is 6.61 Å². The number of rotatable bonds is 7. The lowest BCUT2D eigenvalue weighted by Crippen LogP contribution is -2.38. The fourth-order valence-electron chi connectivity index (χ4n) is 2.26. The predicted octanol–water partition coefficient (Wildman–Crippen LogP) is 3.27. The smallest absolute Gasteiger partial charge is 0.416 e. The minimum Gasteiger partial charge on any atom is -0.450 e. The van der Waals surface area contributed by atoms with Gasteiger partial charge in [0.1, 0.15) is 5.76 Å². The van der Waals surface area contributed by atoms with E-state index < -0.39 is 30.2 Å². The van der Waals surface area contributed by atoms with Gasteiger partial charge in [-0.3, -0.25) is 4.79 Å². The lowest BCUT2D eigenvalue weighted by Gasteiger charge is -2.12.